The number of sulfonamides is 1. The Balaban J connectivity index is 1.24. The van der Waals surface area contributed by atoms with Crippen LogP contribution < -0.4 is 10.2 Å². The van der Waals surface area contributed by atoms with Gasteiger partial charge in [-0.25, -0.2) is 8.42 Å². The fraction of sp³-hybridized carbons (Fsp3) is 0.308. The lowest BCUT2D eigenvalue weighted by Crippen LogP contribution is -2.48. The van der Waals surface area contributed by atoms with Crippen molar-refractivity contribution in [3.63, 3.8) is 0 Å². The van der Waals surface area contributed by atoms with Crippen molar-refractivity contribution in [1.29, 1.82) is 0 Å². The van der Waals surface area contributed by atoms with Crippen LogP contribution >= 0.6 is 0 Å². The van der Waals surface area contributed by atoms with E-state index in [2.05, 4.69) is 15.4 Å². The molecule has 1 aliphatic carbocycles. The summed E-state index contributed by atoms with van der Waals surface area (Å²) in [6.07, 6.45) is 5.37. The molecule has 0 unspecified atom stereocenters. The van der Waals surface area contributed by atoms with Crippen LogP contribution in [-0.4, -0.2) is 50.0 Å². The topological polar surface area (TPSA) is 95.8 Å². The van der Waals surface area contributed by atoms with Crippen LogP contribution in [0, 0.1) is 12.8 Å². The number of anilines is 2. The van der Waals surface area contributed by atoms with E-state index in [-0.39, 0.29) is 16.7 Å². The fourth-order valence-corrected chi connectivity index (χ4v) is 5.54. The number of nitrogens with one attached hydrogen (secondary N) is 1. The van der Waals surface area contributed by atoms with E-state index in [9.17, 15) is 13.2 Å². The fourth-order valence-electron chi connectivity index (χ4n) is 4.12. The normalized spacial score (nSPS) is 17.1. The third-order valence-electron chi connectivity index (χ3n) is 6.39. The van der Waals surface area contributed by atoms with Crippen LogP contribution in [0.4, 0.5) is 11.4 Å². The Morgan fingerprint density at radius 3 is 2.34 bits per heavy atom. The van der Waals surface area contributed by atoms with E-state index in [0.717, 1.165) is 24.1 Å². The summed E-state index contributed by atoms with van der Waals surface area (Å²) >= 11 is 0. The van der Waals surface area contributed by atoms with Crippen molar-refractivity contribution in [3.05, 3.63) is 71.6 Å². The quantitative estimate of drug-likeness (QED) is 0.535. The van der Waals surface area contributed by atoms with Crippen LogP contribution in [0.2, 0.25) is 0 Å². The van der Waals surface area contributed by atoms with Gasteiger partial charge in [-0.05, 0) is 55.7 Å². The number of hydrogen-bond donors (Lipinski definition) is 1. The number of para-hydroxylation sites is 1. The van der Waals surface area contributed by atoms with Crippen molar-refractivity contribution in [2.75, 3.05) is 36.4 Å². The predicted octanol–water partition coefficient (Wildman–Crippen LogP) is 4.01. The summed E-state index contributed by atoms with van der Waals surface area (Å²) < 4.78 is 33.2. The second kappa shape index (κ2) is 9.67. The first-order valence-electron chi connectivity index (χ1n) is 11.8. The minimum atomic E-state index is -3.56. The third kappa shape index (κ3) is 5.16. The summed E-state index contributed by atoms with van der Waals surface area (Å²) in [6, 6.07) is 16.8. The molecule has 8 nitrogen and oxygen atoms in total. The van der Waals surface area contributed by atoms with Gasteiger partial charge < -0.3 is 14.7 Å². The van der Waals surface area contributed by atoms with E-state index in [4.69, 9.17) is 4.52 Å². The Kier molecular flexibility index (Phi) is 6.44. The lowest BCUT2D eigenvalue weighted by molar-refractivity contribution is -0.117. The summed E-state index contributed by atoms with van der Waals surface area (Å²) in [7, 11) is -3.56. The highest BCUT2D eigenvalue weighted by Crippen LogP contribution is 2.32. The molecule has 0 atom stereocenters. The number of nitrogens with zero attached hydrogens (tertiary/aromatic N) is 3. The molecule has 0 bridgehead atoms. The largest absolute Gasteiger partial charge is 0.369 e. The maximum Gasteiger partial charge on any atom is 0.243 e. The van der Waals surface area contributed by atoms with Gasteiger partial charge in [-0.3, -0.25) is 4.79 Å². The van der Waals surface area contributed by atoms with Crippen LogP contribution in [0.15, 0.2) is 64.0 Å². The zero-order chi connectivity index (χ0) is 24.4. The molecule has 0 spiro atoms. The average molecular weight is 493 g/mol. The number of piperazine rings is 1. The molecule has 2 heterocycles. The number of carbonyl (C=O) groups excluding carboxylic acids is 1. The molecule has 3 aromatic rings. The molecule has 1 saturated heterocycles. The van der Waals surface area contributed by atoms with E-state index >= 15 is 0 Å². The molecule has 182 valence electrons. The average Bonchev–Trinajstić information content (AvgIpc) is 3.69. The van der Waals surface area contributed by atoms with Gasteiger partial charge in [0.1, 0.15) is 11.4 Å². The molecule has 35 heavy (non-hydrogen) atoms. The zero-order valence-corrected chi connectivity index (χ0v) is 20.4. The van der Waals surface area contributed by atoms with Crippen molar-refractivity contribution in [2.45, 2.75) is 24.7 Å². The highest BCUT2D eigenvalue weighted by atomic mass is 32.2. The standard InChI is InChI=1S/C26H28N4O4S/c1-19-25(27-26(31)21-10-11-21)24(34-28-19)14-9-20-7-12-23(13-8-20)35(32,33)30-17-15-29(16-18-30)22-5-3-2-4-6-22/h2-9,12-14,21H,10-11,15-18H2,1H3,(H,27,31)/b14-9-. The number of benzene rings is 2. The Labute approximate surface area is 205 Å². The molecule has 0 radical (unpaired) electrons. The van der Waals surface area contributed by atoms with Crippen molar-refractivity contribution >= 4 is 39.5 Å². The third-order valence-corrected chi connectivity index (χ3v) is 8.30. The molecule has 1 amide bonds. The van der Waals surface area contributed by atoms with Gasteiger partial charge >= 0.3 is 0 Å². The Bertz CT molecular complexity index is 1320. The van der Waals surface area contributed by atoms with Crippen molar-refractivity contribution < 1.29 is 17.7 Å². The molecule has 5 rings (SSSR count). The molecular weight excluding hydrogens is 464 g/mol. The van der Waals surface area contributed by atoms with E-state index < -0.39 is 10.0 Å². The van der Waals surface area contributed by atoms with Crippen LogP contribution in [0.5, 0.6) is 0 Å². The first-order chi connectivity index (χ1) is 16.9. The van der Waals surface area contributed by atoms with Crippen molar-refractivity contribution in [2.24, 2.45) is 5.92 Å². The number of aromatic nitrogens is 1. The second-order valence-corrected chi connectivity index (χ2v) is 10.8. The number of hydrogen-bond acceptors (Lipinski definition) is 6. The maximum absolute atomic E-state index is 13.2. The van der Waals surface area contributed by atoms with E-state index in [1.165, 1.54) is 0 Å². The van der Waals surface area contributed by atoms with Crippen LogP contribution in [-0.2, 0) is 14.8 Å². The van der Waals surface area contributed by atoms with Gasteiger partial charge in [-0.15, -0.1) is 0 Å². The summed E-state index contributed by atoms with van der Waals surface area (Å²) in [5, 5.41) is 6.86. The molecule has 1 aromatic heterocycles. The summed E-state index contributed by atoms with van der Waals surface area (Å²) in [5.41, 5.74) is 3.11. The lowest BCUT2D eigenvalue weighted by atomic mass is 10.2. The van der Waals surface area contributed by atoms with Gasteiger partial charge in [-0.2, -0.15) is 4.31 Å². The highest BCUT2D eigenvalue weighted by molar-refractivity contribution is 7.89. The number of carbonyl (C=O) groups is 1. The molecule has 1 N–H and O–H groups in total. The molecular formula is C26H28N4O4S. The Hall–Kier alpha value is -3.43. The van der Waals surface area contributed by atoms with Crippen LogP contribution in [0.3, 0.4) is 0 Å². The monoisotopic (exact) mass is 492 g/mol. The molecule has 2 aromatic carbocycles. The smallest absolute Gasteiger partial charge is 0.243 e. The van der Waals surface area contributed by atoms with Crippen molar-refractivity contribution in [3.8, 4) is 0 Å². The van der Waals surface area contributed by atoms with Gasteiger partial charge in [0.2, 0.25) is 15.9 Å². The number of rotatable bonds is 7. The van der Waals surface area contributed by atoms with Gasteiger partial charge in [0.05, 0.1) is 4.90 Å². The lowest BCUT2D eigenvalue weighted by Gasteiger charge is -2.35. The van der Waals surface area contributed by atoms with E-state index in [0.29, 0.717) is 43.3 Å². The van der Waals surface area contributed by atoms with Crippen LogP contribution in [0.1, 0.15) is 29.9 Å². The van der Waals surface area contributed by atoms with Gasteiger partial charge in [0.15, 0.2) is 5.76 Å². The predicted molar refractivity (Wildman–Crippen MR) is 135 cm³/mol. The van der Waals surface area contributed by atoms with Gasteiger partial charge in [0.25, 0.3) is 0 Å². The minimum Gasteiger partial charge on any atom is -0.369 e. The van der Waals surface area contributed by atoms with Crippen LogP contribution in [0.25, 0.3) is 12.2 Å². The second-order valence-electron chi connectivity index (χ2n) is 8.90. The summed E-state index contributed by atoms with van der Waals surface area (Å²) in [4.78, 5) is 14.6. The highest BCUT2D eigenvalue weighted by Gasteiger charge is 2.31. The summed E-state index contributed by atoms with van der Waals surface area (Å²) in [6.45, 7) is 3.97. The van der Waals surface area contributed by atoms with E-state index in [1.54, 1.807) is 41.6 Å². The first kappa shape index (κ1) is 23.3. The van der Waals surface area contributed by atoms with Gasteiger partial charge in [0, 0.05) is 37.8 Å². The Morgan fingerprint density at radius 2 is 1.69 bits per heavy atom. The molecule has 2 fully saturated rings. The van der Waals surface area contributed by atoms with Gasteiger partial charge in [-0.1, -0.05) is 41.6 Å². The zero-order valence-electron chi connectivity index (χ0n) is 19.6. The molecule has 1 saturated carbocycles. The molecule has 9 heteroatoms. The summed E-state index contributed by atoms with van der Waals surface area (Å²) in [5.74, 6) is 0.534. The number of aryl methyl sites for hydroxylation is 1. The maximum atomic E-state index is 13.2. The number of amides is 1. The van der Waals surface area contributed by atoms with Crippen molar-refractivity contribution in [1.82, 2.24) is 9.46 Å². The first-order valence-corrected chi connectivity index (χ1v) is 13.2. The minimum absolute atomic E-state index is 0.00916. The van der Waals surface area contributed by atoms with E-state index in [1.807, 2.05) is 36.4 Å². The Morgan fingerprint density at radius 1 is 1.00 bits per heavy atom. The SMILES string of the molecule is Cc1noc(/C=C\c2ccc(S(=O)(=O)N3CCN(c4ccccc4)CC3)cc2)c1NC(=O)C1CC1. The molecule has 2 aliphatic rings. The molecule has 1 aliphatic heterocycles.